The minimum atomic E-state index is -0.187. The Bertz CT molecular complexity index is 1240. The van der Waals surface area contributed by atoms with E-state index in [4.69, 9.17) is 9.97 Å². The third-order valence-corrected chi connectivity index (χ3v) is 7.43. The van der Waals surface area contributed by atoms with E-state index in [9.17, 15) is 9.18 Å². The average molecular weight is 503 g/mol. The van der Waals surface area contributed by atoms with Gasteiger partial charge in [0.2, 0.25) is 11.9 Å². The van der Waals surface area contributed by atoms with Crippen molar-refractivity contribution in [2.45, 2.75) is 32.2 Å². The molecule has 1 amide bonds. The molecule has 1 saturated heterocycles. The first-order valence-electron chi connectivity index (χ1n) is 13.1. The van der Waals surface area contributed by atoms with Crippen LogP contribution in [0.5, 0.6) is 0 Å². The summed E-state index contributed by atoms with van der Waals surface area (Å²) in [6.07, 6.45) is 1.47. The molecule has 0 saturated carbocycles. The molecule has 5 rings (SSSR count). The molecule has 2 aliphatic heterocycles. The van der Waals surface area contributed by atoms with Gasteiger partial charge < -0.3 is 19.6 Å². The second-order valence-corrected chi connectivity index (χ2v) is 9.97. The highest BCUT2D eigenvalue weighted by molar-refractivity contribution is 5.84. The molecule has 194 valence electrons. The Morgan fingerprint density at radius 1 is 0.946 bits per heavy atom. The van der Waals surface area contributed by atoms with Gasteiger partial charge in [-0.3, -0.25) is 4.79 Å². The van der Waals surface area contributed by atoms with Crippen molar-refractivity contribution in [2.24, 2.45) is 0 Å². The molecule has 2 aliphatic rings. The summed E-state index contributed by atoms with van der Waals surface area (Å²) in [6, 6.07) is 17.0. The highest BCUT2D eigenvalue weighted by atomic mass is 19.1. The summed E-state index contributed by atoms with van der Waals surface area (Å²) < 4.78 is 14.3. The van der Waals surface area contributed by atoms with Gasteiger partial charge in [0, 0.05) is 58.8 Å². The molecule has 8 heteroatoms. The smallest absolute Gasteiger partial charge is 0.230 e. The van der Waals surface area contributed by atoms with Gasteiger partial charge in [0.25, 0.3) is 0 Å². The molecule has 0 spiro atoms. The first kappa shape index (κ1) is 25.0. The Morgan fingerprint density at radius 2 is 1.62 bits per heavy atom. The van der Waals surface area contributed by atoms with E-state index in [0.717, 1.165) is 42.1 Å². The number of carbonyl (C=O) groups excluding carboxylic acids is 1. The van der Waals surface area contributed by atoms with Crippen LogP contribution in [0.25, 0.3) is 0 Å². The van der Waals surface area contributed by atoms with Crippen molar-refractivity contribution >= 4 is 23.4 Å². The van der Waals surface area contributed by atoms with Gasteiger partial charge in [0.15, 0.2) is 0 Å². The number of fused-ring (bicyclic) bond motifs is 1. The quantitative estimate of drug-likeness (QED) is 0.506. The fraction of sp³-hybridized carbons (Fsp3) is 0.414. The number of anilines is 3. The van der Waals surface area contributed by atoms with Crippen LogP contribution in [0, 0.1) is 5.82 Å². The maximum atomic E-state index is 14.3. The highest BCUT2D eigenvalue weighted by Crippen LogP contribution is 2.31. The van der Waals surface area contributed by atoms with Gasteiger partial charge in [0.1, 0.15) is 11.6 Å². The lowest BCUT2D eigenvalue weighted by Gasteiger charge is -2.37. The Balaban J connectivity index is 1.34. The van der Waals surface area contributed by atoms with Crippen LogP contribution in [0.2, 0.25) is 0 Å². The van der Waals surface area contributed by atoms with Gasteiger partial charge in [-0.1, -0.05) is 49.4 Å². The summed E-state index contributed by atoms with van der Waals surface area (Å²) in [6.45, 7) is 6.10. The number of carbonyl (C=O) groups is 1. The number of benzene rings is 2. The minimum absolute atomic E-state index is 0.142. The van der Waals surface area contributed by atoms with Crippen molar-refractivity contribution in [1.82, 2.24) is 14.9 Å². The third kappa shape index (κ3) is 5.10. The Hall–Kier alpha value is -3.68. The normalized spacial score (nSPS) is 16.4. The summed E-state index contributed by atoms with van der Waals surface area (Å²) in [4.78, 5) is 31.7. The first-order valence-corrected chi connectivity index (χ1v) is 13.1. The largest absolute Gasteiger partial charge is 0.366 e. The van der Waals surface area contributed by atoms with Gasteiger partial charge in [-0.2, -0.15) is 4.98 Å². The first-order chi connectivity index (χ1) is 18.0. The molecule has 0 aliphatic carbocycles. The van der Waals surface area contributed by atoms with Gasteiger partial charge in [-0.05, 0) is 24.1 Å². The SMILES string of the molecule is CCC(C(=O)N1CCc2nc(N3CCN(c4ccccc4F)CC3)nc(N(C)C)c2C1)c1ccccc1. The van der Waals surface area contributed by atoms with Crippen LogP contribution in [0.15, 0.2) is 54.6 Å². The van der Waals surface area contributed by atoms with Crippen molar-refractivity contribution < 1.29 is 9.18 Å². The number of aromatic nitrogens is 2. The molecule has 1 atom stereocenters. The number of nitrogens with zero attached hydrogens (tertiary/aromatic N) is 6. The molecule has 0 bridgehead atoms. The molecule has 1 unspecified atom stereocenters. The van der Waals surface area contributed by atoms with Crippen molar-refractivity contribution in [3.63, 3.8) is 0 Å². The predicted octanol–water partition coefficient (Wildman–Crippen LogP) is 4.09. The molecule has 3 heterocycles. The Kier molecular flexibility index (Phi) is 7.26. The molecule has 7 nitrogen and oxygen atoms in total. The average Bonchev–Trinajstić information content (AvgIpc) is 2.93. The molecule has 2 aromatic carbocycles. The molecule has 0 radical (unpaired) electrons. The third-order valence-electron chi connectivity index (χ3n) is 7.43. The van der Waals surface area contributed by atoms with Crippen LogP contribution in [-0.2, 0) is 17.8 Å². The number of amides is 1. The van der Waals surface area contributed by atoms with Crippen molar-refractivity contribution in [1.29, 1.82) is 0 Å². The number of hydrogen-bond acceptors (Lipinski definition) is 6. The van der Waals surface area contributed by atoms with E-state index in [1.165, 1.54) is 6.07 Å². The molecule has 1 aromatic heterocycles. The maximum Gasteiger partial charge on any atom is 0.230 e. The van der Waals surface area contributed by atoms with Gasteiger partial charge in [-0.25, -0.2) is 9.37 Å². The molecular formula is C29H35FN6O. The zero-order chi connectivity index (χ0) is 25.9. The monoisotopic (exact) mass is 502 g/mol. The van der Waals surface area contributed by atoms with E-state index in [2.05, 4.69) is 16.7 Å². The van der Waals surface area contributed by atoms with Crippen LogP contribution in [0.3, 0.4) is 0 Å². The zero-order valence-electron chi connectivity index (χ0n) is 21.9. The van der Waals surface area contributed by atoms with E-state index in [0.29, 0.717) is 44.2 Å². The highest BCUT2D eigenvalue weighted by Gasteiger charge is 2.31. The lowest BCUT2D eigenvalue weighted by molar-refractivity contribution is -0.133. The van der Waals surface area contributed by atoms with Crippen LogP contribution in [-0.4, -0.2) is 67.6 Å². The van der Waals surface area contributed by atoms with Gasteiger partial charge >= 0.3 is 0 Å². The predicted molar refractivity (Wildman–Crippen MR) is 146 cm³/mol. The van der Waals surface area contributed by atoms with E-state index >= 15 is 0 Å². The maximum absolute atomic E-state index is 14.3. The number of para-hydroxylation sites is 1. The van der Waals surface area contributed by atoms with E-state index in [-0.39, 0.29) is 17.6 Å². The Labute approximate surface area is 218 Å². The summed E-state index contributed by atoms with van der Waals surface area (Å²) in [7, 11) is 3.98. The second-order valence-electron chi connectivity index (χ2n) is 9.97. The molecule has 37 heavy (non-hydrogen) atoms. The van der Waals surface area contributed by atoms with E-state index in [1.807, 2.05) is 66.4 Å². The topological polar surface area (TPSA) is 55.8 Å². The van der Waals surface area contributed by atoms with Crippen LogP contribution in [0.1, 0.15) is 36.1 Å². The van der Waals surface area contributed by atoms with Gasteiger partial charge in [0.05, 0.1) is 23.8 Å². The fourth-order valence-corrected chi connectivity index (χ4v) is 5.40. The fourth-order valence-electron chi connectivity index (χ4n) is 5.40. The molecule has 0 N–H and O–H groups in total. The van der Waals surface area contributed by atoms with Crippen LogP contribution >= 0.6 is 0 Å². The molecular weight excluding hydrogens is 467 g/mol. The number of rotatable bonds is 6. The second kappa shape index (κ2) is 10.7. The van der Waals surface area contributed by atoms with Crippen LogP contribution < -0.4 is 14.7 Å². The molecule has 1 fully saturated rings. The lowest BCUT2D eigenvalue weighted by Crippen LogP contribution is -2.48. The van der Waals surface area contributed by atoms with Gasteiger partial charge in [-0.15, -0.1) is 0 Å². The summed E-state index contributed by atoms with van der Waals surface area (Å²) in [5.41, 5.74) is 3.76. The number of hydrogen-bond donors (Lipinski definition) is 0. The van der Waals surface area contributed by atoms with E-state index in [1.54, 1.807) is 6.07 Å². The van der Waals surface area contributed by atoms with Crippen molar-refractivity contribution in [3.8, 4) is 0 Å². The molecule has 3 aromatic rings. The van der Waals surface area contributed by atoms with Crippen molar-refractivity contribution in [3.05, 3.63) is 77.2 Å². The standard InChI is InChI=1S/C29H35FN6O/c1-4-22(21-10-6-5-7-11-21)28(37)36-15-14-25-23(20-36)27(33(2)3)32-29(31-25)35-18-16-34(17-19-35)26-13-9-8-12-24(26)30/h5-13,22H,4,14-20H2,1-3H3. The summed E-state index contributed by atoms with van der Waals surface area (Å²) in [5, 5.41) is 0. The van der Waals surface area contributed by atoms with E-state index < -0.39 is 0 Å². The number of piperazine rings is 1. The minimum Gasteiger partial charge on any atom is -0.366 e. The zero-order valence-corrected chi connectivity index (χ0v) is 21.9. The summed E-state index contributed by atoms with van der Waals surface area (Å²) >= 11 is 0. The lowest BCUT2D eigenvalue weighted by atomic mass is 9.93. The Morgan fingerprint density at radius 3 is 2.30 bits per heavy atom. The number of halogens is 1. The van der Waals surface area contributed by atoms with Crippen LogP contribution in [0.4, 0.5) is 21.8 Å². The summed E-state index contributed by atoms with van der Waals surface area (Å²) in [5.74, 6) is 1.41. The van der Waals surface area contributed by atoms with Crippen molar-refractivity contribution in [2.75, 3.05) is 61.5 Å².